The fraction of sp³-hybridized carbons (Fsp3) is 0.455. The van der Waals surface area contributed by atoms with Gasteiger partial charge in [-0.2, -0.15) is 0 Å². The third-order valence-corrected chi connectivity index (χ3v) is 6.56. The first-order chi connectivity index (χ1) is 13.0. The normalized spacial score (nSPS) is 20.6. The van der Waals surface area contributed by atoms with Crippen molar-refractivity contribution in [2.45, 2.75) is 52.0 Å². The Labute approximate surface area is 164 Å². The van der Waals surface area contributed by atoms with E-state index >= 15 is 0 Å². The van der Waals surface area contributed by atoms with Gasteiger partial charge in [-0.3, -0.25) is 14.5 Å². The number of rotatable bonds is 4. The second kappa shape index (κ2) is 7.55. The topological polar surface area (TPSA) is 42.3 Å². The van der Waals surface area contributed by atoms with Gasteiger partial charge in [0, 0.05) is 35.2 Å². The van der Waals surface area contributed by atoms with Gasteiger partial charge in [0.2, 0.25) is 0 Å². The smallest absolute Gasteiger partial charge is 0.293 e. The van der Waals surface area contributed by atoms with Crippen LogP contribution in [0.3, 0.4) is 0 Å². The molecule has 2 fully saturated rings. The lowest BCUT2D eigenvalue weighted by Gasteiger charge is -2.25. The monoisotopic (exact) mass is 382 g/mol. The molecule has 142 valence electrons. The number of carbonyl (C=O) groups is 2. The zero-order valence-corrected chi connectivity index (χ0v) is 16.8. The van der Waals surface area contributed by atoms with Crippen LogP contribution in [0.5, 0.6) is 0 Å². The van der Waals surface area contributed by atoms with Crippen molar-refractivity contribution in [1.29, 1.82) is 0 Å². The van der Waals surface area contributed by atoms with Crippen LogP contribution in [0.1, 0.15) is 57.6 Å². The summed E-state index contributed by atoms with van der Waals surface area (Å²) in [5.41, 5.74) is 2.16. The lowest BCUT2D eigenvalue weighted by Crippen LogP contribution is -2.34. The van der Waals surface area contributed by atoms with E-state index in [9.17, 15) is 9.59 Å². The lowest BCUT2D eigenvalue weighted by atomic mass is 9.89. The molecule has 0 bridgehead atoms. The first kappa shape index (κ1) is 18.4. The van der Waals surface area contributed by atoms with E-state index in [1.165, 1.54) is 24.2 Å². The molecule has 0 atom stereocenters. The third-order valence-electron chi connectivity index (χ3n) is 5.65. The quantitative estimate of drug-likeness (QED) is 0.624. The van der Waals surface area contributed by atoms with E-state index in [-0.39, 0.29) is 11.1 Å². The van der Waals surface area contributed by atoms with Crippen molar-refractivity contribution >= 4 is 39.9 Å². The highest BCUT2D eigenvalue weighted by Crippen LogP contribution is 2.36. The fourth-order valence-corrected chi connectivity index (χ4v) is 5.04. The maximum Gasteiger partial charge on any atom is 0.293 e. The number of carbonyl (C=O) groups excluding carboxylic acids is 2. The van der Waals surface area contributed by atoms with Crippen LogP contribution in [0.2, 0.25) is 0 Å². The molecule has 1 aromatic heterocycles. The molecule has 2 aliphatic rings. The Kier molecular flexibility index (Phi) is 5.13. The van der Waals surface area contributed by atoms with Crippen molar-refractivity contribution in [3.63, 3.8) is 0 Å². The largest absolute Gasteiger partial charge is 0.344 e. The molecule has 27 heavy (non-hydrogen) atoms. The number of para-hydroxylation sites is 1. The van der Waals surface area contributed by atoms with E-state index in [1.54, 1.807) is 0 Å². The van der Waals surface area contributed by atoms with Gasteiger partial charge < -0.3 is 4.57 Å². The highest BCUT2D eigenvalue weighted by molar-refractivity contribution is 8.18. The number of hydrogen-bond donors (Lipinski definition) is 0. The van der Waals surface area contributed by atoms with Crippen molar-refractivity contribution in [2.24, 2.45) is 5.92 Å². The summed E-state index contributed by atoms with van der Waals surface area (Å²) in [4.78, 5) is 27.3. The second-order valence-corrected chi connectivity index (χ2v) is 8.89. The molecule has 1 saturated carbocycles. The molecule has 0 N–H and O–H groups in total. The van der Waals surface area contributed by atoms with Crippen LogP contribution in [0.4, 0.5) is 4.79 Å². The third kappa shape index (κ3) is 3.57. The molecule has 2 heterocycles. The molecule has 0 spiro atoms. The Morgan fingerprint density at radius 3 is 2.63 bits per heavy atom. The first-order valence-electron chi connectivity index (χ1n) is 9.89. The van der Waals surface area contributed by atoms with Gasteiger partial charge in [-0.1, -0.05) is 37.5 Å². The molecule has 1 aromatic carbocycles. The number of amides is 2. The average molecular weight is 383 g/mol. The predicted octanol–water partition coefficient (Wildman–Crippen LogP) is 5.84. The van der Waals surface area contributed by atoms with E-state index in [1.807, 2.05) is 18.2 Å². The minimum atomic E-state index is -0.128. The number of aromatic nitrogens is 1. The lowest BCUT2D eigenvalue weighted by molar-refractivity contribution is -0.123. The number of fused-ring (bicyclic) bond motifs is 1. The molecule has 1 saturated heterocycles. The van der Waals surface area contributed by atoms with Crippen LogP contribution in [-0.2, 0) is 4.79 Å². The van der Waals surface area contributed by atoms with Crippen LogP contribution in [0.25, 0.3) is 17.0 Å². The Morgan fingerprint density at radius 2 is 1.89 bits per heavy atom. The molecule has 5 heteroatoms. The summed E-state index contributed by atoms with van der Waals surface area (Å²) < 4.78 is 2.22. The van der Waals surface area contributed by atoms with Crippen molar-refractivity contribution in [3.8, 4) is 0 Å². The maximum atomic E-state index is 12.9. The zero-order chi connectivity index (χ0) is 19.0. The molecule has 4 rings (SSSR count). The summed E-state index contributed by atoms with van der Waals surface area (Å²) in [6, 6.07) is 8.55. The highest BCUT2D eigenvalue weighted by Gasteiger charge is 2.36. The van der Waals surface area contributed by atoms with E-state index in [2.05, 4.69) is 36.7 Å². The number of thioether (sulfide) groups is 1. The van der Waals surface area contributed by atoms with Crippen molar-refractivity contribution in [1.82, 2.24) is 9.47 Å². The van der Waals surface area contributed by atoms with Crippen LogP contribution in [0, 0.1) is 5.92 Å². The van der Waals surface area contributed by atoms with Gasteiger partial charge in [-0.05, 0) is 56.5 Å². The molecule has 0 radical (unpaired) electrons. The van der Waals surface area contributed by atoms with Crippen molar-refractivity contribution < 1.29 is 9.59 Å². The summed E-state index contributed by atoms with van der Waals surface area (Å²) in [6.45, 7) is 4.87. The summed E-state index contributed by atoms with van der Waals surface area (Å²) in [7, 11) is 0. The summed E-state index contributed by atoms with van der Waals surface area (Å²) in [5, 5.41) is 0.995. The highest BCUT2D eigenvalue weighted by atomic mass is 32.2. The maximum absolute atomic E-state index is 12.9. The van der Waals surface area contributed by atoms with Crippen LogP contribution >= 0.6 is 11.8 Å². The average Bonchev–Trinajstić information content (AvgIpc) is 3.16. The van der Waals surface area contributed by atoms with Crippen LogP contribution in [-0.4, -0.2) is 27.2 Å². The number of hydrogen-bond acceptors (Lipinski definition) is 3. The molecule has 1 aliphatic heterocycles. The Hall–Kier alpha value is -2.01. The van der Waals surface area contributed by atoms with Gasteiger partial charge in [0.1, 0.15) is 0 Å². The zero-order valence-electron chi connectivity index (χ0n) is 16.0. The molecular weight excluding hydrogens is 356 g/mol. The Morgan fingerprint density at radius 1 is 1.15 bits per heavy atom. The second-order valence-electron chi connectivity index (χ2n) is 7.90. The minimum absolute atomic E-state index is 0.121. The van der Waals surface area contributed by atoms with E-state index in [0.717, 1.165) is 41.1 Å². The SMILES string of the molecule is CC(C)n1cc(/C=C2/SC(=O)N(CC3CCCCC3)C2=O)c2ccccc21. The number of imide groups is 1. The molecule has 2 aromatic rings. The van der Waals surface area contributed by atoms with Gasteiger partial charge in [-0.15, -0.1) is 0 Å². The minimum Gasteiger partial charge on any atom is -0.344 e. The Balaban J connectivity index is 1.62. The molecule has 4 nitrogen and oxygen atoms in total. The van der Waals surface area contributed by atoms with Gasteiger partial charge in [0.05, 0.1) is 4.91 Å². The first-order valence-corrected chi connectivity index (χ1v) is 10.7. The van der Waals surface area contributed by atoms with Gasteiger partial charge in [0.25, 0.3) is 11.1 Å². The fourth-order valence-electron chi connectivity index (χ4n) is 4.20. The summed E-state index contributed by atoms with van der Waals surface area (Å²) in [5.74, 6) is 0.339. The van der Waals surface area contributed by atoms with Gasteiger partial charge in [-0.25, -0.2) is 0 Å². The van der Waals surface area contributed by atoms with Gasteiger partial charge >= 0.3 is 0 Å². The molecule has 1 aliphatic carbocycles. The van der Waals surface area contributed by atoms with E-state index in [0.29, 0.717) is 23.4 Å². The van der Waals surface area contributed by atoms with E-state index < -0.39 is 0 Å². The van der Waals surface area contributed by atoms with Crippen LogP contribution in [0.15, 0.2) is 35.4 Å². The molecular formula is C22H26N2O2S. The van der Waals surface area contributed by atoms with Gasteiger partial charge in [0.15, 0.2) is 0 Å². The molecule has 0 unspecified atom stereocenters. The summed E-state index contributed by atoms with van der Waals surface area (Å²) >= 11 is 1.08. The number of benzene rings is 1. The Bertz CT molecular complexity index is 906. The van der Waals surface area contributed by atoms with Crippen molar-refractivity contribution in [2.75, 3.05) is 6.54 Å². The van der Waals surface area contributed by atoms with Crippen molar-refractivity contribution in [3.05, 3.63) is 40.9 Å². The van der Waals surface area contributed by atoms with E-state index in [4.69, 9.17) is 0 Å². The summed E-state index contributed by atoms with van der Waals surface area (Å²) in [6.07, 6.45) is 9.94. The standard InChI is InChI=1S/C22H26N2O2S/c1-15(2)23-14-17(18-10-6-7-11-19(18)23)12-20-21(25)24(22(26)27-20)13-16-8-4-3-5-9-16/h6-7,10-12,14-16H,3-5,8-9,13H2,1-2H3/b20-12+. The predicted molar refractivity (Wildman–Crippen MR) is 112 cm³/mol. The van der Waals surface area contributed by atoms with Crippen LogP contribution < -0.4 is 0 Å². The molecule has 2 amide bonds. The number of nitrogens with zero attached hydrogens (tertiary/aromatic N) is 2.